The van der Waals surface area contributed by atoms with Crippen molar-refractivity contribution in [1.29, 1.82) is 10.5 Å². The van der Waals surface area contributed by atoms with E-state index in [0.717, 1.165) is 33.4 Å². The van der Waals surface area contributed by atoms with Gasteiger partial charge in [-0.2, -0.15) is 10.5 Å². The lowest BCUT2D eigenvalue weighted by Gasteiger charge is -2.28. The fraction of sp³-hybridized carbons (Fsp3) is 0.0417. The van der Waals surface area contributed by atoms with Gasteiger partial charge in [-0.05, 0) is 124 Å². The quantitative estimate of drug-likeness (QED) is 0.178. The number of hydrogen-bond acceptors (Lipinski definition) is 6. The van der Waals surface area contributed by atoms with Crippen molar-refractivity contribution in [3.63, 3.8) is 0 Å². The first-order chi connectivity index (χ1) is 26.5. The summed E-state index contributed by atoms with van der Waals surface area (Å²) in [6.07, 6.45) is 0. The summed E-state index contributed by atoms with van der Waals surface area (Å²) in [6.45, 7) is 2.33. The maximum atomic E-state index is 9.46. The van der Waals surface area contributed by atoms with Crippen molar-refractivity contribution in [2.24, 2.45) is 0 Å². The molecule has 0 aliphatic heterocycles. The Kier molecular flexibility index (Phi) is 6.95. The monoisotopic (exact) mass is 692 g/mol. The first-order valence-corrected chi connectivity index (χ1v) is 17.7. The van der Waals surface area contributed by atoms with E-state index in [1.165, 1.54) is 27.8 Å². The van der Waals surface area contributed by atoms with Gasteiger partial charge < -0.3 is 8.83 Å². The van der Waals surface area contributed by atoms with Gasteiger partial charge >= 0.3 is 0 Å². The van der Waals surface area contributed by atoms with Crippen LogP contribution >= 0.6 is 0 Å². The Labute approximate surface area is 310 Å². The Morgan fingerprint density at radius 2 is 1.00 bits per heavy atom. The van der Waals surface area contributed by atoms with Crippen LogP contribution in [0.4, 0.5) is 0 Å². The molecule has 0 amide bonds. The normalized spacial score (nSPS) is 14.4. The summed E-state index contributed by atoms with van der Waals surface area (Å²) in [7, 11) is 0. The van der Waals surface area contributed by atoms with Crippen molar-refractivity contribution >= 4 is 22.2 Å². The highest BCUT2D eigenvalue weighted by Crippen LogP contribution is 2.53. The fourth-order valence-corrected chi connectivity index (χ4v) is 7.91. The Hall–Kier alpha value is -7.54. The van der Waals surface area contributed by atoms with Crippen molar-refractivity contribution < 1.29 is 8.83 Å². The molecule has 1 aliphatic rings. The van der Waals surface area contributed by atoms with Crippen molar-refractivity contribution in [1.82, 2.24) is 9.97 Å². The molecule has 0 saturated heterocycles. The zero-order chi connectivity index (χ0) is 36.4. The molecule has 1 aliphatic carbocycles. The smallest absolute Gasteiger partial charge is 0.227 e. The predicted octanol–water partition coefficient (Wildman–Crippen LogP) is 11.7. The molecular weight excluding hydrogens is 665 g/mol. The summed E-state index contributed by atoms with van der Waals surface area (Å²) in [5, 5.41) is 18.9. The molecule has 2 heterocycles. The molecule has 7 aromatic carbocycles. The minimum absolute atomic E-state index is 0.300. The molecule has 1 atom stereocenters. The van der Waals surface area contributed by atoms with Gasteiger partial charge in [0.05, 0.1) is 23.3 Å². The van der Waals surface area contributed by atoms with Gasteiger partial charge in [-0.3, -0.25) is 0 Å². The van der Waals surface area contributed by atoms with Crippen LogP contribution in [0.5, 0.6) is 0 Å². The molecule has 252 valence electrons. The molecule has 0 fully saturated rings. The van der Waals surface area contributed by atoms with Gasteiger partial charge in [0.15, 0.2) is 11.2 Å². The summed E-state index contributed by atoms with van der Waals surface area (Å²) in [5.74, 6) is 0.834. The standard InChI is InChI=1S/C48H28N4O2/c1-48(37-10-3-2-4-11-37)40-13-6-5-12-38(40)39-17-16-33(26-41(39)48)31-8-7-9-32(22-31)34-23-35(46-51-42-20-29(27-49)14-18-44(42)53-46)25-36(24-34)47-52-43-21-30(28-50)15-19-45(43)54-47/h2-26H,1H3. The van der Waals surface area contributed by atoms with Crippen LogP contribution in [0.15, 0.2) is 160 Å². The number of nitriles is 2. The molecule has 0 N–H and O–H groups in total. The summed E-state index contributed by atoms with van der Waals surface area (Å²) in [6, 6.07) is 55.7. The van der Waals surface area contributed by atoms with Crippen LogP contribution < -0.4 is 0 Å². The van der Waals surface area contributed by atoms with Crippen LogP contribution in [-0.4, -0.2) is 9.97 Å². The van der Waals surface area contributed by atoms with Gasteiger partial charge in [0.2, 0.25) is 11.8 Å². The number of fused-ring (bicyclic) bond motifs is 5. The summed E-state index contributed by atoms with van der Waals surface area (Å²) in [4.78, 5) is 9.55. The lowest BCUT2D eigenvalue weighted by Crippen LogP contribution is -2.22. The van der Waals surface area contributed by atoms with Gasteiger partial charge in [-0.1, -0.05) is 84.9 Å². The maximum absolute atomic E-state index is 9.46. The van der Waals surface area contributed by atoms with Crippen LogP contribution in [0, 0.1) is 22.7 Å². The molecule has 54 heavy (non-hydrogen) atoms. The van der Waals surface area contributed by atoms with Gasteiger partial charge in [0, 0.05) is 16.5 Å². The Morgan fingerprint density at radius 3 is 1.65 bits per heavy atom. The molecule has 0 spiro atoms. The Morgan fingerprint density at radius 1 is 0.463 bits per heavy atom. The van der Waals surface area contributed by atoms with Crippen molar-refractivity contribution in [2.45, 2.75) is 12.3 Å². The SMILES string of the molecule is CC1(c2ccccc2)c2ccccc2-c2ccc(-c3cccc(-c4cc(-c5nc6cc(C#N)ccc6o5)cc(-c5nc6cc(C#N)ccc6o5)c4)c3)cc21. The van der Waals surface area contributed by atoms with E-state index < -0.39 is 0 Å². The summed E-state index contributed by atoms with van der Waals surface area (Å²) in [5.41, 5.74) is 15.1. The van der Waals surface area contributed by atoms with Crippen LogP contribution in [0.25, 0.3) is 78.5 Å². The number of hydrogen-bond donors (Lipinski definition) is 0. The fourth-order valence-electron chi connectivity index (χ4n) is 7.91. The summed E-state index contributed by atoms with van der Waals surface area (Å²) >= 11 is 0. The second-order valence-electron chi connectivity index (χ2n) is 13.8. The average molecular weight is 693 g/mol. The van der Waals surface area contributed by atoms with Gasteiger partial charge in [0.1, 0.15) is 11.0 Å². The van der Waals surface area contributed by atoms with E-state index in [9.17, 15) is 10.5 Å². The van der Waals surface area contributed by atoms with E-state index in [1.807, 2.05) is 6.07 Å². The zero-order valence-corrected chi connectivity index (χ0v) is 29.0. The number of aromatic nitrogens is 2. The molecule has 6 heteroatoms. The highest BCUT2D eigenvalue weighted by atomic mass is 16.4. The first-order valence-electron chi connectivity index (χ1n) is 17.7. The Bertz CT molecular complexity index is 2940. The topological polar surface area (TPSA) is 99.6 Å². The van der Waals surface area contributed by atoms with E-state index in [2.05, 4.69) is 128 Å². The van der Waals surface area contributed by atoms with Crippen LogP contribution in [0.2, 0.25) is 0 Å². The highest BCUT2D eigenvalue weighted by Gasteiger charge is 2.40. The molecule has 2 aromatic heterocycles. The van der Waals surface area contributed by atoms with Crippen molar-refractivity contribution in [2.75, 3.05) is 0 Å². The minimum atomic E-state index is -0.300. The lowest BCUT2D eigenvalue weighted by atomic mass is 9.74. The molecule has 10 rings (SSSR count). The third kappa shape index (κ3) is 4.93. The predicted molar refractivity (Wildman–Crippen MR) is 210 cm³/mol. The van der Waals surface area contributed by atoms with E-state index in [1.54, 1.807) is 36.4 Å². The average Bonchev–Trinajstić information content (AvgIpc) is 3.94. The summed E-state index contributed by atoms with van der Waals surface area (Å²) < 4.78 is 12.5. The van der Waals surface area contributed by atoms with E-state index in [4.69, 9.17) is 18.8 Å². The largest absolute Gasteiger partial charge is 0.436 e. The van der Waals surface area contributed by atoms with Crippen molar-refractivity contribution in [3.05, 3.63) is 179 Å². The lowest BCUT2D eigenvalue weighted by molar-refractivity contribution is 0.617. The second-order valence-corrected chi connectivity index (χ2v) is 13.8. The van der Waals surface area contributed by atoms with E-state index in [-0.39, 0.29) is 5.41 Å². The Balaban J connectivity index is 1.11. The zero-order valence-electron chi connectivity index (χ0n) is 29.0. The molecule has 9 aromatic rings. The van der Waals surface area contributed by atoms with Crippen molar-refractivity contribution in [3.8, 4) is 68.4 Å². The molecular formula is C48H28N4O2. The third-order valence-corrected chi connectivity index (χ3v) is 10.7. The highest BCUT2D eigenvalue weighted by molar-refractivity contribution is 5.88. The van der Waals surface area contributed by atoms with Gasteiger partial charge in [-0.15, -0.1) is 0 Å². The van der Waals surface area contributed by atoms with Crippen LogP contribution in [0.1, 0.15) is 34.7 Å². The van der Waals surface area contributed by atoms with Crippen LogP contribution in [0.3, 0.4) is 0 Å². The molecule has 1 unspecified atom stereocenters. The number of nitrogens with zero attached hydrogens (tertiary/aromatic N) is 4. The molecule has 6 nitrogen and oxygen atoms in total. The van der Waals surface area contributed by atoms with Gasteiger partial charge in [-0.25, -0.2) is 9.97 Å². The molecule has 0 bridgehead atoms. The second kappa shape index (κ2) is 12.0. The first kappa shape index (κ1) is 31.2. The number of oxazole rings is 2. The molecule has 0 saturated carbocycles. The minimum Gasteiger partial charge on any atom is -0.436 e. The maximum Gasteiger partial charge on any atom is 0.227 e. The van der Waals surface area contributed by atoms with E-state index >= 15 is 0 Å². The van der Waals surface area contributed by atoms with Crippen LogP contribution in [-0.2, 0) is 5.41 Å². The number of benzene rings is 7. The van der Waals surface area contributed by atoms with E-state index in [0.29, 0.717) is 45.1 Å². The third-order valence-electron chi connectivity index (χ3n) is 10.7. The number of rotatable bonds is 5. The molecule has 0 radical (unpaired) electrons. The van der Waals surface area contributed by atoms with Gasteiger partial charge in [0.25, 0.3) is 0 Å².